The van der Waals surface area contributed by atoms with E-state index in [1.54, 1.807) is 30.2 Å². The van der Waals surface area contributed by atoms with Gasteiger partial charge < -0.3 is 19.9 Å². The molecule has 2 heterocycles. The molecule has 1 N–H and O–H groups in total. The van der Waals surface area contributed by atoms with Crippen molar-refractivity contribution in [3.05, 3.63) is 23.2 Å². The Balaban J connectivity index is 1.76. The molecule has 2 saturated heterocycles. The van der Waals surface area contributed by atoms with Crippen molar-refractivity contribution >= 4 is 29.1 Å². The monoisotopic (exact) mass is 365 g/mol. The maximum atomic E-state index is 12.9. The Hall–Kier alpha value is -1.79. The second kappa shape index (κ2) is 7.62. The summed E-state index contributed by atoms with van der Waals surface area (Å²) in [7, 11) is 3.45. The minimum atomic E-state index is -0.311. The summed E-state index contributed by atoms with van der Waals surface area (Å²) in [5, 5.41) is 3.68. The first-order valence-corrected chi connectivity index (χ1v) is 9.02. The molecular weight excluding hydrogens is 342 g/mol. The number of likely N-dealkylation sites (tertiary alicyclic amines) is 1. The number of benzene rings is 1. The van der Waals surface area contributed by atoms with Crippen molar-refractivity contribution in [2.75, 3.05) is 38.7 Å². The topological polar surface area (TPSA) is 61.9 Å². The number of carbonyl (C=O) groups excluding carboxylic acids is 2. The molecule has 25 heavy (non-hydrogen) atoms. The Kier molecular flexibility index (Phi) is 5.49. The van der Waals surface area contributed by atoms with E-state index in [1.165, 1.54) is 0 Å². The minimum absolute atomic E-state index is 0.0664. The molecule has 1 aromatic rings. The summed E-state index contributed by atoms with van der Waals surface area (Å²) >= 11 is 6.08. The number of carbonyl (C=O) groups is 2. The minimum Gasteiger partial charge on any atom is -0.495 e. The Morgan fingerprint density at radius 3 is 2.96 bits per heavy atom. The number of rotatable bonds is 5. The third-order valence-corrected chi connectivity index (χ3v) is 5.24. The van der Waals surface area contributed by atoms with Crippen LogP contribution in [-0.4, -0.2) is 56.5 Å². The van der Waals surface area contributed by atoms with Gasteiger partial charge in [-0.15, -0.1) is 0 Å². The first-order valence-electron chi connectivity index (χ1n) is 8.64. The van der Waals surface area contributed by atoms with Crippen LogP contribution in [0.5, 0.6) is 5.75 Å². The van der Waals surface area contributed by atoms with Crippen LogP contribution < -0.4 is 15.0 Å². The van der Waals surface area contributed by atoms with Gasteiger partial charge in [-0.05, 0) is 38.1 Å². The van der Waals surface area contributed by atoms with Gasteiger partial charge >= 0.3 is 0 Å². The summed E-state index contributed by atoms with van der Waals surface area (Å²) in [6.07, 6.45) is 2.26. The number of likely N-dealkylation sites (N-methyl/N-ethyl adjacent to an activating group) is 1. The summed E-state index contributed by atoms with van der Waals surface area (Å²) in [4.78, 5) is 29.0. The second-order valence-electron chi connectivity index (χ2n) is 6.61. The van der Waals surface area contributed by atoms with Crippen molar-refractivity contribution in [1.82, 2.24) is 10.2 Å². The molecule has 7 heteroatoms. The molecule has 0 radical (unpaired) electrons. The van der Waals surface area contributed by atoms with Crippen LogP contribution in [0.2, 0.25) is 5.02 Å². The summed E-state index contributed by atoms with van der Waals surface area (Å²) in [5.74, 6) is 0.284. The van der Waals surface area contributed by atoms with E-state index in [1.807, 2.05) is 11.9 Å². The fourth-order valence-corrected chi connectivity index (χ4v) is 3.95. The molecule has 2 amide bonds. The van der Waals surface area contributed by atoms with Crippen LogP contribution in [-0.2, 0) is 9.59 Å². The van der Waals surface area contributed by atoms with Crippen LogP contribution in [0.4, 0.5) is 5.69 Å². The first-order chi connectivity index (χ1) is 12.0. The highest BCUT2D eigenvalue weighted by Crippen LogP contribution is 2.36. The average molecular weight is 366 g/mol. The lowest BCUT2D eigenvalue weighted by molar-refractivity contribution is -0.136. The van der Waals surface area contributed by atoms with Crippen LogP contribution in [0.15, 0.2) is 18.2 Å². The SMILES string of the molecule is CNCC1CCCN1C(=O)C1CC(=O)N(c2cc(Cl)ccc2OC)C1. The third kappa shape index (κ3) is 3.60. The Bertz CT molecular complexity index is 667. The van der Waals surface area contributed by atoms with Crippen molar-refractivity contribution in [3.8, 4) is 5.75 Å². The maximum absolute atomic E-state index is 12.9. The number of hydrogen-bond donors (Lipinski definition) is 1. The van der Waals surface area contributed by atoms with Gasteiger partial charge in [0.1, 0.15) is 5.75 Å². The fraction of sp³-hybridized carbons (Fsp3) is 0.556. The molecule has 2 atom stereocenters. The van der Waals surface area contributed by atoms with E-state index in [4.69, 9.17) is 16.3 Å². The van der Waals surface area contributed by atoms with Gasteiger partial charge in [0.05, 0.1) is 18.7 Å². The van der Waals surface area contributed by atoms with Crippen molar-refractivity contribution in [3.63, 3.8) is 0 Å². The van der Waals surface area contributed by atoms with Crippen LogP contribution in [0.3, 0.4) is 0 Å². The van der Waals surface area contributed by atoms with E-state index in [-0.39, 0.29) is 30.2 Å². The zero-order valence-electron chi connectivity index (χ0n) is 14.6. The van der Waals surface area contributed by atoms with E-state index in [9.17, 15) is 9.59 Å². The smallest absolute Gasteiger partial charge is 0.228 e. The molecule has 3 rings (SSSR count). The van der Waals surface area contributed by atoms with Crippen LogP contribution in [0, 0.1) is 5.92 Å². The molecular formula is C18H24ClN3O3. The molecule has 0 bridgehead atoms. The Morgan fingerprint density at radius 1 is 1.44 bits per heavy atom. The molecule has 0 aliphatic carbocycles. The number of ether oxygens (including phenoxy) is 1. The second-order valence-corrected chi connectivity index (χ2v) is 7.04. The molecule has 2 aliphatic heterocycles. The zero-order chi connectivity index (χ0) is 18.0. The lowest BCUT2D eigenvalue weighted by Gasteiger charge is -2.27. The Morgan fingerprint density at radius 2 is 2.24 bits per heavy atom. The van der Waals surface area contributed by atoms with Crippen LogP contribution >= 0.6 is 11.6 Å². The predicted molar refractivity (Wildman–Crippen MR) is 97.1 cm³/mol. The molecule has 0 saturated carbocycles. The van der Waals surface area contributed by atoms with Gasteiger partial charge in [0.25, 0.3) is 0 Å². The number of amides is 2. The standard InChI is InChI=1S/C18H24ClN3O3/c1-20-10-14-4-3-7-21(14)18(24)12-8-17(23)22(11-12)15-9-13(19)5-6-16(15)25-2/h5-6,9,12,14,20H,3-4,7-8,10-11H2,1-2H3. The number of nitrogens with one attached hydrogen (secondary N) is 1. The number of anilines is 1. The van der Waals surface area contributed by atoms with E-state index < -0.39 is 0 Å². The van der Waals surface area contributed by atoms with E-state index in [0.29, 0.717) is 23.0 Å². The predicted octanol–water partition coefficient (Wildman–Crippen LogP) is 1.91. The molecule has 0 spiro atoms. The highest BCUT2D eigenvalue weighted by molar-refractivity contribution is 6.31. The normalized spacial score (nSPS) is 23.4. The van der Waals surface area contributed by atoms with Gasteiger partial charge in [-0.1, -0.05) is 11.6 Å². The van der Waals surface area contributed by atoms with Gasteiger partial charge in [0, 0.05) is 37.1 Å². The maximum Gasteiger partial charge on any atom is 0.228 e. The van der Waals surface area contributed by atoms with E-state index >= 15 is 0 Å². The third-order valence-electron chi connectivity index (χ3n) is 5.01. The van der Waals surface area contributed by atoms with Gasteiger partial charge in [-0.25, -0.2) is 0 Å². The number of nitrogens with zero attached hydrogens (tertiary/aromatic N) is 2. The average Bonchev–Trinajstić information content (AvgIpc) is 3.21. The fourth-order valence-electron chi connectivity index (χ4n) is 3.79. The molecule has 0 aromatic heterocycles. The summed E-state index contributed by atoms with van der Waals surface area (Å²) in [6.45, 7) is 1.94. The van der Waals surface area contributed by atoms with E-state index in [2.05, 4.69) is 5.32 Å². The van der Waals surface area contributed by atoms with Crippen molar-refractivity contribution in [1.29, 1.82) is 0 Å². The zero-order valence-corrected chi connectivity index (χ0v) is 15.4. The molecule has 2 fully saturated rings. The van der Waals surface area contributed by atoms with Gasteiger partial charge in [-0.2, -0.15) is 0 Å². The summed E-state index contributed by atoms with van der Waals surface area (Å²) in [6, 6.07) is 5.40. The lowest BCUT2D eigenvalue weighted by atomic mass is 10.1. The summed E-state index contributed by atoms with van der Waals surface area (Å²) < 4.78 is 5.35. The van der Waals surface area contributed by atoms with Crippen molar-refractivity contribution in [2.24, 2.45) is 5.92 Å². The van der Waals surface area contributed by atoms with Crippen LogP contribution in [0.25, 0.3) is 0 Å². The number of halogens is 1. The number of hydrogen-bond acceptors (Lipinski definition) is 4. The molecule has 2 unspecified atom stereocenters. The van der Waals surface area contributed by atoms with Crippen LogP contribution in [0.1, 0.15) is 19.3 Å². The van der Waals surface area contributed by atoms with Gasteiger partial charge in [0.15, 0.2) is 0 Å². The molecule has 6 nitrogen and oxygen atoms in total. The van der Waals surface area contributed by atoms with Gasteiger partial charge in [-0.3, -0.25) is 9.59 Å². The lowest BCUT2D eigenvalue weighted by Crippen LogP contribution is -2.44. The quantitative estimate of drug-likeness (QED) is 0.865. The highest BCUT2D eigenvalue weighted by atomic mass is 35.5. The largest absolute Gasteiger partial charge is 0.495 e. The molecule has 136 valence electrons. The number of methoxy groups -OCH3 is 1. The highest BCUT2D eigenvalue weighted by Gasteiger charge is 2.40. The summed E-state index contributed by atoms with van der Waals surface area (Å²) in [5.41, 5.74) is 0.628. The van der Waals surface area contributed by atoms with E-state index in [0.717, 1.165) is 25.9 Å². The first kappa shape index (κ1) is 18.0. The van der Waals surface area contributed by atoms with Crippen molar-refractivity contribution < 1.29 is 14.3 Å². The molecule has 1 aromatic carbocycles. The molecule has 2 aliphatic rings. The Labute approximate surface area is 153 Å². The van der Waals surface area contributed by atoms with Crippen molar-refractivity contribution in [2.45, 2.75) is 25.3 Å². The van der Waals surface area contributed by atoms with Gasteiger partial charge in [0.2, 0.25) is 11.8 Å².